The number of nitrogens with zero attached hydrogens (tertiary/aromatic N) is 2. The molecule has 2 aliphatic rings. The lowest BCUT2D eigenvalue weighted by atomic mass is 9.88. The normalized spacial score (nSPS) is 20.9. The molecule has 0 aliphatic carbocycles. The van der Waals surface area contributed by atoms with Gasteiger partial charge in [-0.2, -0.15) is 0 Å². The summed E-state index contributed by atoms with van der Waals surface area (Å²) in [4.78, 5) is 4.89. The van der Waals surface area contributed by atoms with Crippen LogP contribution in [0.15, 0.2) is 36.4 Å². The van der Waals surface area contributed by atoms with Crippen LogP contribution in [0.2, 0.25) is 0 Å². The van der Waals surface area contributed by atoms with Crippen LogP contribution < -0.4 is 4.74 Å². The number of likely N-dealkylation sites (N-methyl/N-ethyl adjacent to an activating group) is 1. The Bertz CT molecular complexity index is 766. The topological polar surface area (TPSA) is 35.9 Å². The fraction of sp³-hybridized carbons (Fsp3) is 0.455. The van der Waals surface area contributed by atoms with Gasteiger partial charge in [0.1, 0.15) is 0 Å². The van der Waals surface area contributed by atoms with Crippen molar-refractivity contribution in [2.24, 2.45) is 0 Å². The van der Waals surface area contributed by atoms with Crippen LogP contribution in [0.4, 0.5) is 0 Å². The average molecular weight is 352 g/mol. The number of aromatic hydroxyl groups is 1. The zero-order valence-electron chi connectivity index (χ0n) is 15.7. The van der Waals surface area contributed by atoms with Crippen molar-refractivity contribution in [2.75, 3.05) is 33.8 Å². The SMILES string of the molecule is COc1cc2c(cc1O)C(c1ccc(CN3CCCC3)cc1)N(C)CC2. The number of methoxy groups -OCH3 is 1. The van der Waals surface area contributed by atoms with E-state index in [9.17, 15) is 5.11 Å². The molecule has 0 radical (unpaired) electrons. The van der Waals surface area contributed by atoms with Crippen molar-refractivity contribution < 1.29 is 9.84 Å². The lowest BCUT2D eigenvalue weighted by Gasteiger charge is -2.35. The van der Waals surface area contributed by atoms with Gasteiger partial charge in [-0.3, -0.25) is 9.80 Å². The third-order valence-electron chi connectivity index (χ3n) is 5.81. The van der Waals surface area contributed by atoms with Gasteiger partial charge in [0.05, 0.1) is 13.2 Å². The van der Waals surface area contributed by atoms with Crippen molar-refractivity contribution >= 4 is 0 Å². The number of phenolic OH excluding ortho intramolecular Hbond substituents is 1. The number of hydrogen-bond donors (Lipinski definition) is 1. The predicted octanol–water partition coefficient (Wildman–Crippen LogP) is 3.57. The van der Waals surface area contributed by atoms with Gasteiger partial charge >= 0.3 is 0 Å². The monoisotopic (exact) mass is 352 g/mol. The summed E-state index contributed by atoms with van der Waals surface area (Å²) >= 11 is 0. The minimum atomic E-state index is 0.177. The molecule has 1 N–H and O–H groups in total. The van der Waals surface area contributed by atoms with Crippen LogP contribution in [0.25, 0.3) is 0 Å². The van der Waals surface area contributed by atoms with Crippen LogP contribution in [0.3, 0.4) is 0 Å². The molecule has 1 fully saturated rings. The van der Waals surface area contributed by atoms with Gasteiger partial charge in [-0.1, -0.05) is 24.3 Å². The Balaban J connectivity index is 1.61. The summed E-state index contributed by atoms with van der Waals surface area (Å²) in [5.74, 6) is 0.783. The molecule has 4 nitrogen and oxygen atoms in total. The first-order valence-electron chi connectivity index (χ1n) is 9.57. The molecule has 2 aliphatic heterocycles. The van der Waals surface area contributed by atoms with Crippen molar-refractivity contribution in [3.05, 3.63) is 58.7 Å². The Labute approximate surface area is 156 Å². The van der Waals surface area contributed by atoms with E-state index in [4.69, 9.17) is 4.74 Å². The molecule has 1 atom stereocenters. The molecule has 4 heteroatoms. The summed E-state index contributed by atoms with van der Waals surface area (Å²) in [6, 6.07) is 13.1. The molecule has 0 aromatic heterocycles. The smallest absolute Gasteiger partial charge is 0.160 e. The summed E-state index contributed by atoms with van der Waals surface area (Å²) in [5, 5.41) is 10.3. The van der Waals surface area contributed by atoms with E-state index in [0.717, 1.165) is 19.5 Å². The van der Waals surface area contributed by atoms with E-state index >= 15 is 0 Å². The maximum atomic E-state index is 10.3. The first-order chi connectivity index (χ1) is 12.7. The minimum absolute atomic E-state index is 0.177. The maximum absolute atomic E-state index is 10.3. The van der Waals surface area contributed by atoms with Gasteiger partial charge in [-0.05, 0) is 73.8 Å². The summed E-state index contributed by atoms with van der Waals surface area (Å²) in [6.07, 6.45) is 3.63. The van der Waals surface area contributed by atoms with Crippen molar-refractivity contribution in [2.45, 2.75) is 31.8 Å². The average Bonchev–Trinajstić information content (AvgIpc) is 3.15. The molecule has 2 heterocycles. The van der Waals surface area contributed by atoms with E-state index in [-0.39, 0.29) is 11.8 Å². The molecular formula is C22H28N2O2. The number of rotatable bonds is 4. The number of likely N-dealkylation sites (tertiary alicyclic amines) is 1. The molecule has 1 unspecified atom stereocenters. The van der Waals surface area contributed by atoms with Gasteiger partial charge in [0.15, 0.2) is 11.5 Å². The molecule has 26 heavy (non-hydrogen) atoms. The summed E-state index contributed by atoms with van der Waals surface area (Å²) in [5.41, 5.74) is 5.11. The maximum Gasteiger partial charge on any atom is 0.160 e. The zero-order valence-corrected chi connectivity index (χ0v) is 15.7. The summed E-state index contributed by atoms with van der Waals surface area (Å²) in [6.45, 7) is 4.50. The summed E-state index contributed by atoms with van der Waals surface area (Å²) in [7, 11) is 3.76. The first kappa shape index (κ1) is 17.4. The molecule has 4 rings (SSSR count). The van der Waals surface area contributed by atoms with Gasteiger partial charge < -0.3 is 9.84 Å². The number of phenols is 1. The fourth-order valence-electron chi connectivity index (χ4n) is 4.36. The Hall–Kier alpha value is -2.04. The number of ether oxygens (including phenoxy) is 1. The molecule has 0 amide bonds. The summed E-state index contributed by atoms with van der Waals surface area (Å²) < 4.78 is 5.29. The lowest BCUT2D eigenvalue weighted by Crippen LogP contribution is -2.32. The molecule has 0 spiro atoms. The highest BCUT2D eigenvalue weighted by Crippen LogP contribution is 2.39. The molecular weight excluding hydrogens is 324 g/mol. The Morgan fingerprint density at radius 3 is 2.50 bits per heavy atom. The second-order valence-electron chi connectivity index (χ2n) is 7.58. The van der Waals surface area contributed by atoms with Crippen molar-refractivity contribution in [1.82, 2.24) is 9.80 Å². The predicted molar refractivity (Wildman–Crippen MR) is 104 cm³/mol. The molecule has 2 aromatic rings. The number of hydrogen-bond acceptors (Lipinski definition) is 4. The van der Waals surface area contributed by atoms with E-state index in [1.54, 1.807) is 7.11 Å². The Kier molecular flexibility index (Phi) is 4.88. The van der Waals surface area contributed by atoms with Gasteiger partial charge in [-0.25, -0.2) is 0 Å². The molecule has 138 valence electrons. The van der Waals surface area contributed by atoms with Gasteiger partial charge in [0.25, 0.3) is 0 Å². The third kappa shape index (κ3) is 3.31. The standard InChI is InChI=1S/C22H28N2O2/c1-23-12-9-18-13-21(26-2)20(25)14-19(18)22(23)17-7-5-16(6-8-17)15-24-10-3-4-11-24/h5-8,13-14,22,25H,3-4,9-12,15H2,1-2H3. The van der Waals surface area contributed by atoms with Gasteiger partial charge in [-0.15, -0.1) is 0 Å². The van der Waals surface area contributed by atoms with E-state index in [2.05, 4.69) is 41.1 Å². The highest BCUT2D eigenvalue weighted by Gasteiger charge is 2.27. The Morgan fingerprint density at radius 2 is 1.81 bits per heavy atom. The van der Waals surface area contributed by atoms with Crippen LogP contribution in [0.5, 0.6) is 11.5 Å². The molecule has 2 aromatic carbocycles. The minimum Gasteiger partial charge on any atom is -0.504 e. The Morgan fingerprint density at radius 1 is 1.08 bits per heavy atom. The van der Waals surface area contributed by atoms with Crippen molar-refractivity contribution in [3.63, 3.8) is 0 Å². The number of fused-ring (bicyclic) bond motifs is 1. The van der Waals surface area contributed by atoms with Crippen LogP contribution in [-0.4, -0.2) is 48.7 Å². The van der Waals surface area contributed by atoms with Crippen molar-refractivity contribution in [1.29, 1.82) is 0 Å². The zero-order chi connectivity index (χ0) is 18.1. The second kappa shape index (κ2) is 7.29. The highest BCUT2D eigenvalue weighted by molar-refractivity contribution is 5.51. The quantitative estimate of drug-likeness (QED) is 0.912. The van der Waals surface area contributed by atoms with Crippen LogP contribution in [-0.2, 0) is 13.0 Å². The van der Waals surface area contributed by atoms with Crippen LogP contribution in [0.1, 0.15) is 41.1 Å². The van der Waals surface area contributed by atoms with Crippen LogP contribution >= 0.6 is 0 Å². The van der Waals surface area contributed by atoms with E-state index in [1.807, 2.05) is 12.1 Å². The molecule has 0 saturated carbocycles. The van der Waals surface area contributed by atoms with Crippen LogP contribution in [0, 0.1) is 0 Å². The van der Waals surface area contributed by atoms with Crippen molar-refractivity contribution in [3.8, 4) is 11.5 Å². The largest absolute Gasteiger partial charge is 0.504 e. The third-order valence-corrected chi connectivity index (χ3v) is 5.81. The van der Waals surface area contributed by atoms with E-state index in [0.29, 0.717) is 5.75 Å². The molecule has 1 saturated heterocycles. The van der Waals surface area contributed by atoms with E-state index < -0.39 is 0 Å². The fourth-order valence-corrected chi connectivity index (χ4v) is 4.36. The van der Waals surface area contributed by atoms with E-state index in [1.165, 1.54) is 48.2 Å². The second-order valence-corrected chi connectivity index (χ2v) is 7.58. The molecule has 0 bridgehead atoms. The van der Waals surface area contributed by atoms with Gasteiger partial charge in [0.2, 0.25) is 0 Å². The van der Waals surface area contributed by atoms with Gasteiger partial charge in [0, 0.05) is 13.1 Å². The lowest BCUT2D eigenvalue weighted by molar-refractivity contribution is 0.262. The first-order valence-corrected chi connectivity index (χ1v) is 9.57. The highest BCUT2D eigenvalue weighted by atomic mass is 16.5. The number of benzene rings is 2.